The first-order valence-electron chi connectivity index (χ1n) is 10.8. The Bertz CT molecular complexity index is 921. The number of hydrogen-bond donors (Lipinski definition) is 4. The SMILES string of the molecule is C[C@]12CS[C@@H](/C=C/CCCC(=O)NCCNC(=O)c3cccc(C=O)c3)[C@@]1(C)NC(=O)N2. The second kappa shape index (κ2) is 10.2. The quantitative estimate of drug-likeness (QED) is 0.185. The Labute approximate surface area is 192 Å². The van der Waals surface area contributed by atoms with Crippen molar-refractivity contribution in [2.24, 2.45) is 0 Å². The predicted molar refractivity (Wildman–Crippen MR) is 125 cm³/mol. The second-order valence-electron chi connectivity index (χ2n) is 8.51. The molecule has 0 radical (unpaired) electrons. The molecule has 0 aromatic heterocycles. The molecule has 0 spiro atoms. The average molecular weight is 459 g/mol. The standard InChI is InChI=1S/C23H30N4O4S/c1-22-15-32-18(23(22,2)27-21(31)26-22)9-4-3-5-10-19(29)24-11-12-25-20(30)17-8-6-7-16(13-17)14-28/h4,6-9,13-14,18H,3,5,10-12,15H2,1-2H3,(H,24,29)(H,25,30)(H2,26,27,31)/b9-4+/t18-,22-,23+/m0/s1. The highest BCUT2D eigenvalue weighted by atomic mass is 32.2. The van der Waals surface area contributed by atoms with Gasteiger partial charge in [-0.15, -0.1) is 11.8 Å². The number of unbranched alkanes of at least 4 members (excludes halogenated alkanes) is 1. The molecule has 1 aromatic carbocycles. The molecule has 3 rings (SSSR count). The molecule has 0 bridgehead atoms. The van der Waals surface area contributed by atoms with Crippen molar-refractivity contribution in [2.45, 2.75) is 49.4 Å². The fraction of sp³-hybridized carbons (Fsp3) is 0.478. The number of hydrogen-bond acceptors (Lipinski definition) is 5. The van der Waals surface area contributed by atoms with Crippen LogP contribution in [-0.4, -0.2) is 59.3 Å². The normalized spacial score (nSPS) is 26.3. The van der Waals surface area contributed by atoms with Crippen molar-refractivity contribution in [1.82, 2.24) is 21.3 Å². The lowest BCUT2D eigenvalue weighted by molar-refractivity contribution is -0.121. The summed E-state index contributed by atoms with van der Waals surface area (Å²) in [6.45, 7) is 4.80. The van der Waals surface area contributed by atoms with Gasteiger partial charge in [-0.25, -0.2) is 4.79 Å². The van der Waals surface area contributed by atoms with Crippen LogP contribution in [0.1, 0.15) is 53.8 Å². The van der Waals surface area contributed by atoms with E-state index in [1.807, 2.05) is 11.8 Å². The Morgan fingerprint density at radius 3 is 2.78 bits per heavy atom. The van der Waals surface area contributed by atoms with Crippen LogP contribution < -0.4 is 21.3 Å². The van der Waals surface area contributed by atoms with Crippen LogP contribution in [0.4, 0.5) is 4.79 Å². The van der Waals surface area contributed by atoms with Crippen LogP contribution in [0.25, 0.3) is 0 Å². The Hall–Kier alpha value is -2.81. The van der Waals surface area contributed by atoms with Gasteiger partial charge in [-0.05, 0) is 38.8 Å². The number of nitrogens with one attached hydrogen (secondary N) is 4. The van der Waals surface area contributed by atoms with Gasteiger partial charge in [-0.3, -0.25) is 14.4 Å². The van der Waals surface area contributed by atoms with Crippen molar-refractivity contribution in [3.63, 3.8) is 0 Å². The Kier molecular flexibility index (Phi) is 7.60. The lowest BCUT2D eigenvalue weighted by atomic mass is 9.80. The van der Waals surface area contributed by atoms with E-state index in [0.29, 0.717) is 36.9 Å². The van der Waals surface area contributed by atoms with Gasteiger partial charge in [0.05, 0.1) is 11.1 Å². The molecule has 2 saturated heterocycles. The summed E-state index contributed by atoms with van der Waals surface area (Å²) in [6, 6.07) is 6.33. The van der Waals surface area contributed by atoms with E-state index in [2.05, 4.69) is 47.3 Å². The van der Waals surface area contributed by atoms with Gasteiger partial charge in [0.1, 0.15) is 6.29 Å². The fourth-order valence-corrected chi connectivity index (χ4v) is 5.71. The van der Waals surface area contributed by atoms with Crippen LogP contribution in [0.15, 0.2) is 36.4 Å². The lowest BCUT2D eigenvalue weighted by Gasteiger charge is -2.34. The highest BCUT2D eigenvalue weighted by Crippen LogP contribution is 2.46. The smallest absolute Gasteiger partial charge is 0.315 e. The molecule has 4 N–H and O–H groups in total. The maximum atomic E-state index is 12.1. The van der Waals surface area contributed by atoms with Crippen molar-refractivity contribution >= 4 is 35.9 Å². The number of thioether (sulfide) groups is 1. The summed E-state index contributed by atoms with van der Waals surface area (Å²) >= 11 is 1.82. The summed E-state index contributed by atoms with van der Waals surface area (Å²) in [5, 5.41) is 11.8. The number of urea groups is 1. The molecule has 3 atom stereocenters. The third-order valence-electron chi connectivity index (χ3n) is 6.13. The number of benzene rings is 1. The summed E-state index contributed by atoms with van der Waals surface area (Å²) in [6.07, 6.45) is 6.83. The Balaban J connectivity index is 1.30. The number of allylic oxidation sites excluding steroid dienone is 1. The number of carbonyl (C=O) groups excluding carboxylic acids is 4. The molecule has 172 valence electrons. The van der Waals surface area contributed by atoms with Gasteiger partial charge in [0, 0.05) is 41.6 Å². The molecule has 2 heterocycles. The minimum Gasteiger partial charge on any atom is -0.354 e. The van der Waals surface area contributed by atoms with Crippen molar-refractivity contribution in [3.8, 4) is 0 Å². The fourth-order valence-electron chi connectivity index (χ4n) is 3.95. The minimum absolute atomic E-state index is 0.0577. The third-order valence-corrected chi connectivity index (χ3v) is 7.86. The van der Waals surface area contributed by atoms with Crippen LogP contribution in [0.2, 0.25) is 0 Å². The van der Waals surface area contributed by atoms with Crippen molar-refractivity contribution in [3.05, 3.63) is 47.5 Å². The van der Waals surface area contributed by atoms with E-state index >= 15 is 0 Å². The number of rotatable bonds is 10. The molecule has 1 aromatic rings. The average Bonchev–Trinajstić information content (AvgIpc) is 3.14. The van der Waals surface area contributed by atoms with E-state index in [9.17, 15) is 19.2 Å². The molecular weight excluding hydrogens is 428 g/mol. The van der Waals surface area contributed by atoms with Gasteiger partial charge < -0.3 is 21.3 Å². The molecule has 8 nitrogen and oxygen atoms in total. The van der Waals surface area contributed by atoms with E-state index in [1.54, 1.807) is 18.2 Å². The van der Waals surface area contributed by atoms with Gasteiger partial charge in [-0.1, -0.05) is 24.3 Å². The van der Waals surface area contributed by atoms with Crippen molar-refractivity contribution in [2.75, 3.05) is 18.8 Å². The van der Waals surface area contributed by atoms with Crippen molar-refractivity contribution < 1.29 is 19.2 Å². The highest BCUT2D eigenvalue weighted by Gasteiger charge is 2.60. The summed E-state index contributed by atoms with van der Waals surface area (Å²) < 4.78 is 0. The largest absolute Gasteiger partial charge is 0.354 e. The Morgan fingerprint density at radius 2 is 2.00 bits per heavy atom. The first-order chi connectivity index (χ1) is 15.3. The molecule has 9 heteroatoms. The molecule has 0 aliphatic carbocycles. The highest BCUT2D eigenvalue weighted by molar-refractivity contribution is 8.00. The Morgan fingerprint density at radius 1 is 1.22 bits per heavy atom. The second-order valence-corrected chi connectivity index (χ2v) is 9.64. The van der Waals surface area contributed by atoms with E-state index < -0.39 is 0 Å². The zero-order valence-electron chi connectivity index (χ0n) is 18.4. The summed E-state index contributed by atoms with van der Waals surface area (Å²) in [5.74, 6) is 0.521. The van der Waals surface area contributed by atoms with Gasteiger partial charge in [0.2, 0.25) is 5.91 Å². The molecule has 32 heavy (non-hydrogen) atoms. The number of aldehydes is 1. The molecule has 2 fully saturated rings. The monoisotopic (exact) mass is 458 g/mol. The molecular formula is C23H30N4O4S. The maximum Gasteiger partial charge on any atom is 0.315 e. The van der Waals surface area contributed by atoms with Crippen LogP contribution in [0.3, 0.4) is 0 Å². The molecule has 0 saturated carbocycles. The van der Waals surface area contributed by atoms with Gasteiger partial charge in [0.15, 0.2) is 0 Å². The van der Waals surface area contributed by atoms with E-state index in [1.165, 1.54) is 6.07 Å². The van der Waals surface area contributed by atoms with Crippen LogP contribution >= 0.6 is 11.8 Å². The topological polar surface area (TPSA) is 116 Å². The van der Waals surface area contributed by atoms with Gasteiger partial charge in [-0.2, -0.15) is 0 Å². The zero-order chi connectivity index (χ0) is 23.2. The first-order valence-corrected chi connectivity index (χ1v) is 11.8. The summed E-state index contributed by atoms with van der Waals surface area (Å²) in [7, 11) is 0. The van der Waals surface area contributed by atoms with Crippen LogP contribution in [0, 0.1) is 0 Å². The van der Waals surface area contributed by atoms with Crippen molar-refractivity contribution in [1.29, 1.82) is 0 Å². The number of carbonyl (C=O) groups is 4. The number of fused-ring (bicyclic) bond motifs is 1. The van der Waals surface area contributed by atoms with Crippen LogP contribution in [-0.2, 0) is 4.79 Å². The van der Waals surface area contributed by atoms with E-state index in [4.69, 9.17) is 0 Å². The van der Waals surface area contributed by atoms with E-state index in [0.717, 1.165) is 18.6 Å². The lowest BCUT2D eigenvalue weighted by Crippen LogP contribution is -2.58. The number of amides is 4. The third kappa shape index (κ3) is 5.32. The predicted octanol–water partition coefficient (Wildman–Crippen LogP) is 2.02. The summed E-state index contributed by atoms with van der Waals surface area (Å²) in [4.78, 5) is 46.6. The molecule has 4 amide bonds. The summed E-state index contributed by atoms with van der Waals surface area (Å²) in [5.41, 5.74) is 0.285. The maximum absolute atomic E-state index is 12.1. The zero-order valence-corrected chi connectivity index (χ0v) is 19.2. The van der Waals surface area contributed by atoms with Crippen LogP contribution in [0.5, 0.6) is 0 Å². The van der Waals surface area contributed by atoms with E-state index in [-0.39, 0.29) is 34.2 Å². The minimum atomic E-state index is -0.318. The molecule has 0 unspecified atom stereocenters. The van der Waals surface area contributed by atoms with Gasteiger partial charge in [0.25, 0.3) is 5.91 Å². The molecule has 2 aliphatic rings. The van der Waals surface area contributed by atoms with Gasteiger partial charge >= 0.3 is 6.03 Å². The molecule has 2 aliphatic heterocycles. The first kappa shape index (κ1) is 23.8.